The standard InChI is InChI=1S/C35H44N2O4/c1-4-11-27-17-19-28(20-18-27)12-7-8-23-41-26-32-16-10-14-30(36-32)22-21-29-13-9-15-31(24-29)37-33(38)25-35(5-2,6-3)34(39)40/h9-10,13-22,24H,4-8,11-12,23,25-26H2,1-3H3,(H,37,38)(H,39,40). The molecule has 0 saturated heterocycles. The van der Waals surface area contributed by atoms with Crippen molar-refractivity contribution in [3.63, 3.8) is 0 Å². The summed E-state index contributed by atoms with van der Waals surface area (Å²) in [5, 5.41) is 12.5. The van der Waals surface area contributed by atoms with Gasteiger partial charge in [-0.05, 0) is 85.6 Å². The number of ether oxygens (including phenoxy) is 1. The first kappa shape index (κ1) is 31.8. The summed E-state index contributed by atoms with van der Waals surface area (Å²) < 4.78 is 5.88. The van der Waals surface area contributed by atoms with Crippen LogP contribution in [0.15, 0.2) is 66.7 Å². The quantitative estimate of drug-likeness (QED) is 0.165. The number of pyridine rings is 1. The van der Waals surface area contributed by atoms with Crippen molar-refractivity contribution in [2.75, 3.05) is 11.9 Å². The van der Waals surface area contributed by atoms with E-state index in [0.29, 0.717) is 31.7 Å². The molecule has 0 unspecified atom stereocenters. The molecule has 0 spiro atoms. The molecule has 3 rings (SSSR count). The second kappa shape index (κ2) is 16.5. The van der Waals surface area contributed by atoms with Gasteiger partial charge in [0.05, 0.1) is 23.4 Å². The number of amides is 1. The highest BCUT2D eigenvalue weighted by atomic mass is 16.5. The second-order valence-electron chi connectivity index (χ2n) is 10.6. The molecule has 0 saturated carbocycles. The maximum atomic E-state index is 12.6. The number of nitrogens with one attached hydrogen (secondary N) is 1. The zero-order valence-electron chi connectivity index (χ0n) is 24.7. The van der Waals surface area contributed by atoms with Crippen molar-refractivity contribution < 1.29 is 19.4 Å². The maximum Gasteiger partial charge on any atom is 0.310 e. The molecule has 3 aromatic rings. The van der Waals surface area contributed by atoms with Crippen LogP contribution in [-0.2, 0) is 33.8 Å². The number of carbonyl (C=O) groups is 2. The van der Waals surface area contributed by atoms with E-state index >= 15 is 0 Å². The Balaban J connectivity index is 1.45. The smallest absolute Gasteiger partial charge is 0.310 e. The fourth-order valence-corrected chi connectivity index (χ4v) is 4.83. The number of carbonyl (C=O) groups excluding carboxylic acids is 1. The topological polar surface area (TPSA) is 88.5 Å². The number of aromatic nitrogens is 1. The Hall–Kier alpha value is -3.77. The average Bonchev–Trinajstić information content (AvgIpc) is 2.98. The number of anilines is 1. The van der Waals surface area contributed by atoms with Crippen molar-refractivity contribution in [3.8, 4) is 0 Å². The minimum absolute atomic E-state index is 0.0545. The fourth-order valence-electron chi connectivity index (χ4n) is 4.83. The van der Waals surface area contributed by atoms with E-state index in [9.17, 15) is 14.7 Å². The Kier molecular flexibility index (Phi) is 12.8. The number of carboxylic acids is 1. The van der Waals surface area contributed by atoms with Crippen molar-refractivity contribution >= 4 is 29.7 Å². The number of benzene rings is 2. The van der Waals surface area contributed by atoms with Crippen LogP contribution in [0.1, 0.15) is 87.4 Å². The molecule has 218 valence electrons. The van der Waals surface area contributed by atoms with Gasteiger partial charge in [-0.15, -0.1) is 0 Å². The van der Waals surface area contributed by atoms with Crippen LogP contribution in [-0.4, -0.2) is 28.6 Å². The predicted octanol–water partition coefficient (Wildman–Crippen LogP) is 7.96. The van der Waals surface area contributed by atoms with E-state index in [4.69, 9.17) is 4.74 Å². The van der Waals surface area contributed by atoms with Crippen LogP contribution in [0.5, 0.6) is 0 Å². The lowest BCUT2D eigenvalue weighted by Gasteiger charge is -2.25. The first-order chi connectivity index (χ1) is 19.9. The van der Waals surface area contributed by atoms with E-state index < -0.39 is 11.4 Å². The van der Waals surface area contributed by atoms with E-state index in [-0.39, 0.29) is 12.3 Å². The minimum Gasteiger partial charge on any atom is -0.481 e. The van der Waals surface area contributed by atoms with Gasteiger partial charge in [-0.25, -0.2) is 0 Å². The predicted molar refractivity (Wildman–Crippen MR) is 167 cm³/mol. The van der Waals surface area contributed by atoms with Crippen LogP contribution in [0.2, 0.25) is 0 Å². The lowest BCUT2D eigenvalue weighted by Crippen LogP contribution is -2.34. The zero-order valence-corrected chi connectivity index (χ0v) is 24.7. The molecule has 2 aromatic carbocycles. The Morgan fingerprint density at radius 3 is 2.29 bits per heavy atom. The zero-order chi connectivity index (χ0) is 29.5. The molecule has 1 aromatic heterocycles. The van der Waals surface area contributed by atoms with E-state index in [2.05, 4.69) is 41.5 Å². The minimum atomic E-state index is -1.04. The SMILES string of the molecule is CCCc1ccc(CCCCOCc2cccc(C=Cc3cccc(NC(=O)CC(CC)(CC)C(=O)O)c3)n2)cc1. The van der Waals surface area contributed by atoms with Crippen molar-refractivity contribution in [3.05, 3.63) is 94.8 Å². The van der Waals surface area contributed by atoms with E-state index in [0.717, 1.165) is 42.6 Å². The van der Waals surface area contributed by atoms with Gasteiger partial charge in [0.25, 0.3) is 0 Å². The summed E-state index contributed by atoms with van der Waals surface area (Å²) in [5.41, 5.74) is 4.99. The van der Waals surface area contributed by atoms with E-state index in [1.54, 1.807) is 19.9 Å². The summed E-state index contributed by atoms with van der Waals surface area (Å²) in [5.74, 6) is -1.23. The number of aryl methyl sites for hydroxylation is 2. The Bertz CT molecular complexity index is 1280. The molecule has 0 aliphatic rings. The lowest BCUT2D eigenvalue weighted by atomic mass is 9.79. The molecule has 6 nitrogen and oxygen atoms in total. The van der Waals surface area contributed by atoms with Gasteiger partial charge in [0.1, 0.15) is 0 Å². The van der Waals surface area contributed by atoms with Crippen LogP contribution in [0.25, 0.3) is 12.2 Å². The molecule has 0 radical (unpaired) electrons. The molecule has 2 N–H and O–H groups in total. The number of aliphatic carboxylic acids is 1. The summed E-state index contributed by atoms with van der Waals surface area (Å²) in [6.07, 6.45) is 10.1. The average molecular weight is 557 g/mol. The van der Waals surface area contributed by atoms with Gasteiger partial charge in [-0.1, -0.05) is 75.7 Å². The molecule has 1 amide bonds. The third-order valence-electron chi connectivity index (χ3n) is 7.57. The van der Waals surface area contributed by atoms with Crippen molar-refractivity contribution in [2.24, 2.45) is 5.41 Å². The van der Waals surface area contributed by atoms with Crippen LogP contribution in [0, 0.1) is 5.41 Å². The highest BCUT2D eigenvalue weighted by molar-refractivity contribution is 5.94. The van der Waals surface area contributed by atoms with E-state index in [1.807, 2.05) is 48.6 Å². The second-order valence-corrected chi connectivity index (χ2v) is 10.6. The van der Waals surface area contributed by atoms with Gasteiger partial charge in [-0.3, -0.25) is 14.6 Å². The van der Waals surface area contributed by atoms with E-state index in [1.165, 1.54) is 17.5 Å². The first-order valence-corrected chi connectivity index (χ1v) is 14.8. The monoisotopic (exact) mass is 556 g/mol. The molecular formula is C35H44N2O4. The van der Waals surface area contributed by atoms with Gasteiger partial charge in [-0.2, -0.15) is 0 Å². The molecule has 0 bridgehead atoms. The van der Waals surface area contributed by atoms with Gasteiger partial charge < -0.3 is 15.2 Å². The third kappa shape index (κ3) is 10.3. The van der Waals surface area contributed by atoms with Gasteiger partial charge in [0.15, 0.2) is 0 Å². The van der Waals surface area contributed by atoms with Crippen LogP contribution in [0.4, 0.5) is 5.69 Å². The molecule has 0 fully saturated rings. The number of carboxylic acid groups (broad SMARTS) is 1. The Labute approximate surface area is 244 Å². The first-order valence-electron chi connectivity index (χ1n) is 14.8. The molecule has 6 heteroatoms. The molecule has 1 heterocycles. The van der Waals surface area contributed by atoms with Crippen molar-refractivity contribution in [1.82, 2.24) is 4.98 Å². The van der Waals surface area contributed by atoms with Crippen molar-refractivity contribution in [1.29, 1.82) is 0 Å². The van der Waals surface area contributed by atoms with Gasteiger partial charge in [0, 0.05) is 18.7 Å². The highest BCUT2D eigenvalue weighted by Crippen LogP contribution is 2.31. The summed E-state index contributed by atoms with van der Waals surface area (Å²) in [7, 11) is 0. The Morgan fingerprint density at radius 1 is 0.902 bits per heavy atom. The van der Waals surface area contributed by atoms with Crippen LogP contribution >= 0.6 is 0 Å². The number of hydrogen-bond acceptors (Lipinski definition) is 4. The lowest BCUT2D eigenvalue weighted by molar-refractivity contribution is -0.151. The fraction of sp³-hybridized carbons (Fsp3) is 0.400. The summed E-state index contributed by atoms with van der Waals surface area (Å²) in [6, 6.07) is 22.3. The maximum absolute atomic E-state index is 12.6. The third-order valence-corrected chi connectivity index (χ3v) is 7.57. The number of rotatable bonds is 17. The molecule has 0 aliphatic carbocycles. The number of nitrogens with zero attached hydrogens (tertiary/aromatic N) is 1. The molecule has 0 atom stereocenters. The highest BCUT2D eigenvalue weighted by Gasteiger charge is 2.37. The van der Waals surface area contributed by atoms with Crippen LogP contribution in [0.3, 0.4) is 0 Å². The summed E-state index contributed by atoms with van der Waals surface area (Å²) in [4.78, 5) is 29.0. The summed E-state index contributed by atoms with van der Waals surface area (Å²) in [6.45, 7) is 7.00. The largest absolute Gasteiger partial charge is 0.481 e. The van der Waals surface area contributed by atoms with Crippen molar-refractivity contribution in [2.45, 2.75) is 78.7 Å². The number of unbranched alkanes of at least 4 members (excludes halogenated alkanes) is 1. The molecule has 0 aliphatic heterocycles. The Morgan fingerprint density at radius 2 is 1.61 bits per heavy atom. The number of hydrogen-bond donors (Lipinski definition) is 2. The normalized spacial score (nSPS) is 11.6. The van der Waals surface area contributed by atoms with Gasteiger partial charge >= 0.3 is 5.97 Å². The summed E-state index contributed by atoms with van der Waals surface area (Å²) >= 11 is 0. The molecule has 41 heavy (non-hydrogen) atoms. The van der Waals surface area contributed by atoms with Gasteiger partial charge in [0.2, 0.25) is 5.91 Å². The van der Waals surface area contributed by atoms with Crippen LogP contribution < -0.4 is 5.32 Å². The molecular weight excluding hydrogens is 512 g/mol.